The van der Waals surface area contributed by atoms with Crippen molar-refractivity contribution < 1.29 is 14.5 Å². The first-order chi connectivity index (χ1) is 6.83. The van der Waals surface area contributed by atoms with Crippen molar-refractivity contribution in [1.29, 1.82) is 5.26 Å². The predicted octanol–water partition coefficient (Wildman–Crippen LogP) is 1.57. The molecule has 0 fully saturated rings. The Hall–Kier alpha value is -0.240. The van der Waals surface area contributed by atoms with E-state index < -0.39 is 14.3 Å². The average Bonchev–Trinajstić information content (AvgIpc) is 2.01. The topological polar surface area (TPSA) is 76.7 Å². The SMILES string of the molecule is CC(C)N(P(O)O)C(C)(C)OCCC#N. The van der Waals surface area contributed by atoms with Crippen LogP contribution < -0.4 is 0 Å². The minimum atomic E-state index is -2.19. The summed E-state index contributed by atoms with van der Waals surface area (Å²) in [6, 6.07) is 1.94. The van der Waals surface area contributed by atoms with Crippen molar-refractivity contribution in [2.45, 2.75) is 45.9 Å². The molecule has 0 saturated heterocycles. The lowest BCUT2D eigenvalue weighted by atomic mass is 10.2. The second-order valence-corrected chi connectivity index (χ2v) is 4.88. The van der Waals surface area contributed by atoms with Crippen LogP contribution in [0.3, 0.4) is 0 Å². The average molecular weight is 234 g/mol. The maximum Gasteiger partial charge on any atom is 0.255 e. The van der Waals surface area contributed by atoms with E-state index in [-0.39, 0.29) is 12.6 Å². The number of hydrogen-bond acceptors (Lipinski definition) is 5. The van der Waals surface area contributed by atoms with E-state index in [2.05, 4.69) is 0 Å². The molecule has 0 aromatic heterocycles. The highest BCUT2D eigenvalue weighted by Crippen LogP contribution is 2.39. The second-order valence-electron chi connectivity index (χ2n) is 3.91. The van der Waals surface area contributed by atoms with E-state index in [1.165, 1.54) is 4.67 Å². The number of ether oxygens (including phenoxy) is 1. The van der Waals surface area contributed by atoms with Crippen LogP contribution in [0.25, 0.3) is 0 Å². The Morgan fingerprint density at radius 3 is 2.33 bits per heavy atom. The Bertz CT molecular complexity index is 218. The number of rotatable bonds is 6. The van der Waals surface area contributed by atoms with Crippen LogP contribution in [-0.4, -0.2) is 32.8 Å². The van der Waals surface area contributed by atoms with Crippen molar-refractivity contribution in [3.05, 3.63) is 0 Å². The molecule has 0 atom stereocenters. The molecule has 0 aromatic carbocycles. The van der Waals surface area contributed by atoms with Gasteiger partial charge >= 0.3 is 0 Å². The smallest absolute Gasteiger partial charge is 0.255 e. The lowest BCUT2D eigenvalue weighted by Gasteiger charge is -2.40. The number of hydrogen-bond donors (Lipinski definition) is 2. The van der Waals surface area contributed by atoms with Crippen molar-refractivity contribution in [1.82, 2.24) is 4.67 Å². The van der Waals surface area contributed by atoms with Crippen LogP contribution in [0.1, 0.15) is 34.1 Å². The normalized spacial score (nSPS) is 12.5. The summed E-state index contributed by atoms with van der Waals surface area (Å²) >= 11 is 0. The fourth-order valence-electron chi connectivity index (χ4n) is 1.46. The monoisotopic (exact) mass is 234 g/mol. The highest BCUT2D eigenvalue weighted by atomic mass is 31.2. The molecule has 0 aliphatic heterocycles. The lowest BCUT2D eigenvalue weighted by molar-refractivity contribution is -0.106. The predicted molar refractivity (Wildman–Crippen MR) is 58.6 cm³/mol. The van der Waals surface area contributed by atoms with Crippen LogP contribution in [0.15, 0.2) is 0 Å². The van der Waals surface area contributed by atoms with E-state index in [0.29, 0.717) is 6.42 Å². The van der Waals surface area contributed by atoms with Gasteiger partial charge in [0.1, 0.15) is 5.72 Å². The van der Waals surface area contributed by atoms with Gasteiger partial charge in [-0.1, -0.05) is 0 Å². The highest BCUT2D eigenvalue weighted by molar-refractivity contribution is 7.42. The van der Waals surface area contributed by atoms with Crippen LogP contribution in [0.4, 0.5) is 0 Å². The third-order valence-corrected chi connectivity index (χ3v) is 3.23. The molecule has 6 heteroatoms. The molecule has 0 amide bonds. The van der Waals surface area contributed by atoms with Gasteiger partial charge in [0.05, 0.1) is 19.1 Å². The van der Waals surface area contributed by atoms with E-state index in [9.17, 15) is 9.79 Å². The highest BCUT2D eigenvalue weighted by Gasteiger charge is 2.34. The van der Waals surface area contributed by atoms with E-state index in [1.54, 1.807) is 13.8 Å². The molecule has 88 valence electrons. The van der Waals surface area contributed by atoms with Crippen LogP contribution in [-0.2, 0) is 4.74 Å². The van der Waals surface area contributed by atoms with Gasteiger partial charge in [0.25, 0.3) is 8.53 Å². The second kappa shape index (κ2) is 6.37. The molecule has 0 aliphatic rings. The summed E-state index contributed by atoms with van der Waals surface area (Å²) in [5.74, 6) is 0. The summed E-state index contributed by atoms with van der Waals surface area (Å²) in [4.78, 5) is 18.6. The summed E-state index contributed by atoms with van der Waals surface area (Å²) < 4.78 is 6.94. The molecule has 15 heavy (non-hydrogen) atoms. The van der Waals surface area contributed by atoms with Crippen LogP contribution in [0.5, 0.6) is 0 Å². The summed E-state index contributed by atoms with van der Waals surface area (Å²) in [5, 5.41) is 8.38. The summed E-state index contributed by atoms with van der Waals surface area (Å²) in [7, 11) is -2.19. The Morgan fingerprint density at radius 2 is 2.00 bits per heavy atom. The first kappa shape index (κ1) is 14.8. The van der Waals surface area contributed by atoms with E-state index in [1.807, 2.05) is 19.9 Å². The van der Waals surface area contributed by atoms with E-state index in [0.717, 1.165) is 0 Å². The standard InChI is InChI=1S/C9H19N2O3P/c1-8(2)11(15(12)13)9(3,4)14-7-5-6-10/h8,12-13H,5,7H2,1-4H3. The zero-order valence-electron chi connectivity index (χ0n) is 9.64. The van der Waals surface area contributed by atoms with Gasteiger partial charge in [0.15, 0.2) is 0 Å². The molecule has 0 bridgehead atoms. The molecule has 0 saturated carbocycles. The molecule has 5 nitrogen and oxygen atoms in total. The lowest BCUT2D eigenvalue weighted by Crippen LogP contribution is -2.46. The first-order valence-corrected chi connectivity index (χ1v) is 6.01. The van der Waals surface area contributed by atoms with Crippen LogP contribution in [0.2, 0.25) is 0 Å². The molecule has 0 heterocycles. The molecule has 0 rings (SSSR count). The fourth-order valence-corrected chi connectivity index (χ4v) is 2.36. The van der Waals surface area contributed by atoms with Crippen molar-refractivity contribution in [3.8, 4) is 6.07 Å². The van der Waals surface area contributed by atoms with Gasteiger partial charge in [-0.3, -0.25) is 0 Å². The van der Waals surface area contributed by atoms with Gasteiger partial charge in [-0.25, -0.2) is 4.67 Å². The van der Waals surface area contributed by atoms with E-state index >= 15 is 0 Å². The molecule has 0 unspecified atom stereocenters. The van der Waals surface area contributed by atoms with E-state index in [4.69, 9.17) is 10.00 Å². The van der Waals surface area contributed by atoms with Crippen LogP contribution in [0, 0.1) is 11.3 Å². The third-order valence-electron chi connectivity index (χ3n) is 1.90. The number of nitrogens with zero attached hydrogens (tertiary/aromatic N) is 2. The Balaban J connectivity index is 4.44. The van der Waals surface area contributed by atoms with Gasteiger partial charge in [0.2, 0.25) is 0 Å². The van der Waals surface area contributed by atoms with Crippen LogP contribution >= 0.6 is 8.53 Å². The van der Waals surface area contributed by atoms with Gasteiger partial charge in [-0.15, -0.1) is 0 Å². The first-order valence-electron chi connectivity index (χ1n) is 4.81. The molecular weight excluding hydrogens is 215 g/mol. The zero-order chi connectivity index (χ0) is 12.1. The quantitative estimate of drug-likeness (QED) is 0.414. The van der Waals surface area contributed by atoms with Gasteiger partial charge in [-0.05, 0) is 27.7 Å². The van der Waals surface area contributed by atoms with Gasteiger partial charge < -0.3 is 14.5 Å². The maximum absolute atomic E-state index is 9.28. The molecule has 0 aromatic rings. The van der Waals surface area contributed by atoms with Gasteiger partial charge in [-0.2, -0.15) is 5.26 Å². The Labute approximate surface area is 92.2 Å². The van der Waals surface area contributed by atoms with Crippen molar-refractivity contribution in [2.24, 2.45) is 0 Å². The summed E-state index contributed by atoms with van der Waals surface area (Å²) in [6.45, 7) is 7.52. The minimum absolute atomic E-state index is 0.0387. The molecule has 0 aliphatic carbocycles. The fraction of sp³-hybridized carbons (Fsp3) is 0.889. The summed E-state index contributed by atoms with van der Waals surface area (Å²) in [6.07, 6.45) is 0.296. The molecule has 2 N–H and O–H groups in total. The molecule has 0 spiro atoms. The van der Waals surface area contributed by atoms with Crippen molar-refractivity contribution in [3.63, 3.8) is 0 Å². The molecular formula is C9H19N2O3P. The van der Waals surface area contributed by atoms with Gasteiger partial charge in [0, 0.05) is 6.04 Å². The Kier molecular flexibility index (Phi) is 6.26. The molecule has 0 radical (unpaired) electrons. The Morgan fingerprint density at radius 1 is 1.47 bits per heavy atom. The largest absolute Gasteiger partial charge is 0.360 e. The third kappa shape index (κ3) is 4.87. The zero-order valence-corrected chi connectivity index (χ0v) is 10.5. The van der Waals surface area contributed by atoms with Crippen molar-refractivity contribution in [2.75, 3.05) is 6.61 Å². The number of nitriles is 1. The maximum atomic E-state index is 9.28. The van der Waals surface area contributed by atoms with Crippen molar-refractivity contribution >= 4 is 8.53 Å². The summed E-state index contributed by atoms with van der Waals surface area (Å²) in [5.41, 5.74) is -0.778. The minimum Gasteiger partial charge on any atom is -0.360 e.